The number of methoxy groups -OCH3 is 1. The van der Waals surface area contributed by atoms with Crippen LogP contribution in [0.1, 0.15) is 18.3 Å². The summed E-state index contributed by atoms with van der Waals surface area (Å²) >= 11 is 0. The topological polar surface area (TPSA) is 80.1 Å². The highest BCUT2D eigenvalue weighted by atomic mass is 16.5. The summed E-state index contributed by atoms with van der Waals surface area (Å²) in [5.41, 5.74) is 7.64. The average Bonchev–Trinajstić information content (AvgIpc) is 2.78. The van der Waals surface area contributed by atoms with Crippen LogP contribution < -0.4 is 10.6 Å². The molecule has 0 aliphatic carbocycles. The zero-order valence-corrected chi connectivity index (χ0v) is 11.0. The molecule has 0 saturated heterocycles. The Kier molecular flexibility index (Phi) is 3.78. The van der Waals surface area contributed by atoms with Crippen molar-refractivity contribution < 1.29 is 4.74 Å². The highest BCUT2D eigenvalue weighted by molar-refractivity contribution is 5.73. The molecule has 2 aromatic rings. The molecule has 0 spiro atoms. The van der Waals surface area contributed by atoms with E-state index in [0.717, 1.165) is 23.6 Å². The maximum Gasteiger partial charge on any atom is 0.179 e. The van der Waals surface area contributed by atoms with Gasteiger partial charge < -0.3 is 20.4 Å². The highest BCUT2D eigenvalue weighted by Gasteiger charge is 2.12. The van der Waals surface area contributed by atoms with E-state index >= 15 is 0 Å². The molecule has 6 heteroatoms. The van der Waals surface area contributed by atoms with Crippen molar-refractivity contribution >= 4 is 17.0 Å². The van der Waals surface area contributed by atoms with Gasteiger partial charge in [0.1, 0.15) is 11.6 Å². The largest absolute Gasteiger partial charge is 0.385 e. The molecule has 98 valence electrons. The van der Waals surface area contributed by atoms with Gasteiger partial charge in [-0.2, -0.15) is 0 Å². The van der Waals surface area contributed by atoms with E-state index in [1.807, 2.05) is 31.1 Å². The fraction of sp³-hybridized carbons (Fsp3) is 0.500. The van der Waals surface area contributed by atoms with E-state index in [2.05, 4.69) is 15.0 Å². The Hall–Kier alpha value is -1.66. The van der Waals surface area contributed by atoms with Gasteiger partial charge in [0, 0.05) is 27.8 Å². The van der Waals surface area contributed by atoms with Gasteiger partial charge in [-0.25, -0.2) is 9.97 Å². The Morgan fingerprint density at radius 3 is 2.83 bits per heavy atom. The van der Waals surface area contributed by atoms with Crippen molar-refractivity contribution in [1.82, 2.24) is 15.0 Å². The zero-order chi connectivity index (χ0) is 13.1. The minimum Gasteiger partial charge on any atom is -0.385 e. The van der Waals surface area contributed by atoms with E-state index in [0.29, 0.717) is 12.3 Å². The lowest BCUT2D eigenvalue weighted by Crippen LogP contribution is -2.14. The number of hydrogen-bond donors (Lipinski definition) is 2. The molecule has 0 radical (unpaired) electrons. The fourth-order valence-electron chi connectivity index (χ4n) is 1.71. The number of aromatic amines is 1. The Morgan fingerprint density at radius 1 is 1.39 bits per heavy atom. The second-order valence-corrected chi connectivity index (χ2v) is 4.45. The van der Waals surface area contributed by atoms with Crippen LogP contribution in [0.25, 0.3) is 11.2 Å². The molecule has 2 aromatic heterocycles. The molecule has 0 aliphatic rings. The molecule has 0 aromatic carbocycles. The van der Waals surface area contributed by atoms with E-state index in [1.54, 1.807) is 7.11 Å². The normalized spacial score (nSPS) is 12.9. The van der Waals surface area contributed by atoms with Crippen molar-refractivity contribution in [2.45, 2.75) is 12.5 Å². The first-order valence-corrected chi connectivity index (χ1v) is 5.90. The summed E-state index contributed by atoms with van der Waals surface area (Å²) < 4.78 is 5.01. The van der Waals surface area contributed by atoms with Crippen LogP contribution in [0.4, 0.5) is 5.82 Å². The van der Waals surface area contributed by atoms with E-state index in [1.165, 1.54) is 0 Å². The molecule has 6 nitrogen and oxygen atoms in total. The number of ether oxygens (including phenoxy) is 1. The van der Waals surface area contributed by atoms with Crippen molar-refractivity contribution in [3.8, 4) is 0 Å². The Morgan fingerprint density at radius 2 is 2.17 bits per heavy atom. The summed E-state index contributed by atoms with van der Waals surface area (Å²) in [6.45, 7) is 0.620. The summed E-state index contributed by atoms with van der Waals surface area (Å²) in [6, 6.07) is 3.77. The molecule has 0 fully saturated rings. The number of nitrogens with two attached hydrogens (primary N) is 1. The molecule has 1 unspecified atom stereocenters. The molecular formula is C12H19N5O. The third-order valence-electron chi connectivity index (χ3n) is 2.79. The van der Waals surface area contributed by atoms with E-state index < -0.39 is 0 Å². The lowest BCUT2D eigenvalue weighted by atomic mass is 10.2. The minimum atomic E-state index is -0.151. The lowest BCUT2D eigenvalue weighted by molar-refractivity contribution is 0.187. The van der Waals surface area contributed by atoms with Gasteiger partial charge >= 0.3 is 0 Å². The molecule has 1 atom stereocenters. The number of nitrogens with zero attached hydrogens (tertiary/aromatic N) is 3. The number of fused-ring (bicyclic) bond motifs is 1. The number of rotatable bonds is 5. The summed E-state index contributed by atoms with van der Waals surface area (Å²) in [4.78, 5) is 14.0. The average molecular weight is 249 g/mol. The van der Waals surface area contributed by atoms with Crippen molar-refractivity contribution in [3.05, 3.63) is 18.0 Å². The van der Waals surface area contributed by atoms with Crippen molar-refractivity contribution in [2.75, 3.05) is 32.7 Å². The fourth-order valence-corrected chi connectivity index (χ4v) is 1.71. The first-order valence-electron chi connectivity index (χ1n) is 5.90. The maximum atomic E-state index is 6.03. The highest BCUT2D eigenvalue weighted by Crippen LogP contribution is 2.18. The van der Waals surface area contributed by atoms with Crippen LogP contribution >= 0.6 is 0 Å². The van der Waals surface area contributed by atoms with E-state index in [-0.39, 0.29) is 6.04 Å². The molecule has 18 heavy (non-hydrogen) atoms. The van der Waals surface area contributed by atoms with Gasteiger partial charge in [-0.05, 0) is 18.6 Å². The van der Waals surface area contributed by atoms with Crippen molar-refractivity contribution in [1.29, 1.82) is 0 Å². The second-order valence-electron chi connectivity index (χ2n) is 4.45. The van der Waals surface area contributed by atoms with Crippen LogP contribution in [0.3, 0.4) is 0 Å². The predicted molar refractivity (Wildman–Crippen MR) is 71.6 cm³/mol. The van der Waals surface area contributed by atoms with Gasteiger partial charge in [0.2, 0.25) is 0 Å². The van der Waals surface area contributed by atoms with Crippen LogP contribution in [0.2, 0.25) is 0 Å². The molecule has 0 bridgehead atoms. The predicted octanol–water partition coefficient (Wildman–Crippen LogP) is 1.06. The van der Waals surface area contributed by atoms with Crippen LogP contribution in [0.5, 0.6) is 0 Å². The summed E-state index contributed by atoms with van der Waals surface area (Å²) in [5.74, 6) is 1.64. The lowest BCUT2D eigenvalue weighted by Gasteiger charge is -2.09. The van der Waals surface area contributed by atoms with Crippen LogP contribution in [0.15, 0.2) is 12.1 Å². The van der Waals surface area contributed by atoms with Crippen molar-refractivity contribution in [3.63, 3.8) is 0 Å². The van der Waals surface area contributed by atoms with Gasteiger partial charge in [0.25, 0.3) is 0 Å². The Balaban J connectivity index is 2.26. The number of imidazole rings is 1. The number of anilines is 1. The number of aromatic nitrogens is 3. The minimum absolute atomic E-state index is 0.151. The molecule has 2 rings (SSSR count). The molecule has 0 saturated carbocycles. The number of H-pyrrole nitrogens is 1. The standard InChI is InChI=1S/C12H19N5O/c1-17(2)10-5-4-9-12(15-10)16-11(14-9)8(13)6-7-18-3/h4-5,8H,6-7,13H2,1-3H3,(H,14,15,16). The molecule has 0 aliphatic heterocycles. The summed E-state index contributed by atoms with van der Waals surface area (Å²) in [7, 11) is 5.56. The van der Waals surface area contributed by atoms with Gasteiger partial charge in [0.15, 0.2) is 5.65 Å². The van der Waals surface area contributed by atoms with Crippen LogP contribution in [-0.2, 0) is 4.74 Å². The number of nitrogens with one attached hydrogen (secondary N) is 1. The van der Waals surface area contributed by atoms with E-state index in [9.17, 15) is 0 Å². The van der Waals surface area contributed by atoms with E-state index in [4.69, 9.17) is 10.5 Å². The van der Waals surface area contributed by atoms with Gasteiger partial charge in [-0.15, -0.1) is 0 Å². The third-order valence-corrected chi connectivity index (χ3v) is 2.79. The first-order chi connectivity index (χ1) is 8.61. The number of hydrogen-bond acceptors (Lipinski definition) is 5. The first kappa shape index (κ1) is 12.8. The smallest absolute Gasteiger partial charge is 0.179 e. The van der Waals surface area contributed by atoms with Gasteiger partial charge in [-0.1, -0.05) is 0 Å². The van der Waals surface area contributed by atoms with Crippen LogP contribution in [0, 0.1) is 0 Å². The maximum absolute atomic E-state index is 6.03. The quantitative estimate of drug-likeness (QED) is 0.828. The summed E-state index contributed by atoms with van der Waals surface area (Å²) in [6.07, 6.45) is 0.733. The van der Waals surface area contributed by atoms with Crippen molar-refractivity contribution in [2.24, 2.45) is 5.73 Å². The second kappa shape index (κ2) is 5.32. The SMILES string of the molecule is COCCC(N)c1nc2nc(N(C)C)ccc2[nH]1. The number of pyridine rings is 1. The monoisotopic (exact) mass is 249 g/mol. The molecule has 0 amide bonds. The zero-order valence-electron chi connectivity index (χ0n) is 11.0. The summed E-state index contributed by atoms with van der Waals surface area (Å²) in [5, 5.41) is 0. The Labute approximate surface area is 106 Å². The molecule has 3 N–H and O–H groups in total. The van der Waals surface area contributed by atoms with Gasteiger partial charge in [-0.3, -0.25) is 0 Å². The molecule has 2 heterocycles. The Bertz CT molecular complexity index is 522. The van der Waals surface area contributed by atoms with Gasteiger partial charge in [0.05, 0.1) is 11.6 Å². The third kappa shape index (κ3) is 2.60. The molecular weight excluding hydrogens is 230 g/mol. The van der Waals surface area contributed by atoms with Crippen LogP contribution in [-0.4, -0.2) is 42.8 Å².